The normalized spacial score (nSPS) is 15.4. The summed E-state index contributed by atoms with van der Waals surface area (Å²) in [5, 5.41) is 12.2. The third-order valence-corrected chi connectivity index (χ3v) is 4.65. The monoisotopic (exact) mass is 374 g/mol. The summed E-state index contributed by atoms with van der Waals surface area (Å²) in [6.45, 7) is 0. The zero-order valence-electron chi connectivity index (χ0n) is 13.0. The van der Waals surface area contributed by atoms with Crippen molar-refractivity contribution in [1.29, 1.82) is 0 Å². The van der Waals surface area contributed by atoms with Crippen LogP contribution in [0.3, 0.4) is 0 Å². The van der Waals surface area contributed by atoms with Gasteiger partial charge in [0.2, 0.25) is 17.3 Å². The van der Waals surface area contributed by atoms with E-state index in [0.717, 1.165) is 11.3 Å². The van der Waals surface area contributed by atoms with Crippen molar-refractivity contribution in [1.82, 2.24) is 15.2 Å². The Morgan fingerprint density at radius 2 is 2.00 bits per heavy atom. The zero-order valence-corrected chi connectivity index (χ0v) is 14.6. The minimum Gasteiger partial charge on any atom is -0.448 e. The lowest BCUT2D eigenvalue weighted by molar-refractivity contribution is 0.220. The van der Waals surface area contributed by atoms with Crippen LogP contribution in [0.4, 0.5) is 10.1 Å². The molecule has 1 aliphatic heterocycles. The SMILES string of the molecule is CSc1nnc2c(n1)O[C@H](c1c(F)cccc1Cl)Nc1ccccc1-2. The molecule has 126 valence electrons. The van der Waals surface area contributed by atoms with Gasteiger partial charge in [-0.1, -0.05) is 47.6 Å². The topological polar surface area (TPSA) is 59.9 Å². The molecule has 5 nitrogen and oxygen atoms in total. The van der Waals surface area contributed by atoms with Crippen LogP contribution < -0.4 is 10.1 Å². The van der Waals surface area contributed by atoms with Crippen LogP contribution in [0.1, 0.15) is 11.8 Å². The Morgan fingerprint density at radius 3 is 2.80 bits per heavy atom. The number of hydrogen-bond donors (Lipinski definition) is 1. The van der Waals surface area contributed by atoms with Crippen LogP contribution in [0.25, 0.3) is 11.3 Å². The highest BCUT2D eigenvalue weighted by Gasteiger charge is 2.28. The minimum atomic E-state index is -0.845. The Kier molecular flexibility index (Phi) is 4.19. The first-order chi connectivity index (χ1) is 12.2. The van der Waals surface area contributed by atoms with E-state index in [-0.39, 0.29) is 16.5 Å². The molecule has 0 aliphatic carbocycles. The van der Waals surface area contributed by atoms with Crippen molar-refractivity contribution in [3.05, 3.63) is 58.9 Å². The third kappa shape index (κ3) is 2.89. The van der Waals surface area contributed by atoms with Gasteiger partial charge < -0.3 is 10.1 Å². The average molecular weight is 375 g/mol. The number of nitrogens with one attached hydrogen (secondary N) is 1. The summed E-state index contributed by atoms with van der Waals surface area (Å²) < 4.78 is 20.4. The summed E-state index contributed by atoms with van der Waals surface area (Å²) in [6, 6.07) is 12.0. The van der Waals surface area contributed by atoms with Gasteiger partial charge in [-0.2, -0.15) is 4.98 Å². The highest BCUT2D eigenvalue weighted by Crippen LogP contribution is 2.40. The number of hydrogen-bond acceptors (Lipinski definition) is 6. The molecule has 1 N–H and O–H groups in total. The van der Waals surface area contributed by atoms with Crippen molar-refractivity contribution < 1.29 is 9.13 Å². The third-order valence-electron chi connectivity index (χ3n) is 3.78. The van der Waals surface area contributed by atoms with E-state index >= 15 is 0 Å². The molecule has 0 bridgehead atoms. The smallest absolute Gasteiger partial charge is 0.247 e. The minimum absolute atomic E-state index is 0.219. The lowest BCUT2D eigenvalue weighted by Gasteiger charge is -2.20. The summed E-state index contributed by atoms with van der Waals surface area (Å²) in [5.74, 6) is -0.181. The van der Waals surface area contributed by atoms with Crippen molar-refractivity contribution >= 4 is 29.1 Å². The van der Waals surface area contributed by atoms with Gasteiger partial charge in [0.1, 0.15) is 5.82 Å². The lowest BCUT2D eigenvalue weighted by Crippen LogP contribution is -2.19. The van der Waals surface area contributed by atoms with Crippen LogP contribution >= 0.6 is 23.4 Å². The number of fused-ring (bicyclic) bond motifs is 3. The predicted octanol–water partition coefficient (Wildman–Crippen LogP) is 4.56. The largest absolute Gasteiger partial charge is 0.448 e. The molecular weight excluding hydrogens is 363 g/mol. The molecule has 2 aromatic carbocycles. The zero-order chi connectivity index (χ0) is 17.4. The molecule has 25 heavy (non-hydrogen) atoms. The van der Waals surface area contributed by atoms with Crippen LogP contribution in [-0.4, -0.2) is 21.4 Å². The molecule has 8 heteroatoms. The second kappa shape index (κ2) is 6.50. The Bertz CT molecular complexity index is 935. The van der Waals surface area contributed by atoms with Crippen molar-refractivity contribution in [3.63, 3.8) is 0 Å². The van der Waals surface area contributed by atoms with E-state index in [1.165, 1.54) is 17.8 Å². The average Bonchev–Trinajstić information content (AvgIpc) is 2.77. The fourth-order valence-corrected chi connectivity index (χ4v) is 3.18. The predicted molar refractivity (Wildman–Crippen MR) is 95.4 cm³/mol. The number of benzene rings is 2. The molecule has 1 aliphatic rings. The van der Waals surface area contributed by atoms with E-state index in [0.29, 0.717) is 10.9 Å². The number of ether oxygens (including phenoxy) is 1. The molecule has 0 radical (unpaired) electrons. The molecule has 0 spiro atoms. The molecule has 4 rings (SSSR count). The van der Waals surface area contributed by atoms with E-state index in [2.05, 4.69) is 20.5 Å². The van der Waals surface area contributed by atoms with Crippen molar-refractivity contribution in [2.24, 2.45) is 0 Å². The van der Waals surface area contributed by atoms with E-state index in [1.807, 2.05) is 30.5 Å². The van der Waals surface area contributed by atoms with Crippen LogP contribution in [0.5, 0.6) is 5.88 Å². The highest BCUT2D eigenvalue weighted by atomic mass is 35.5. The molecule has 0 fully saturated rings. The Hall–Kier alpha value is -2.38. The number of rotatable bonds is 2. The quantitative estimate of drug-likeness (QED) is 0.664. The molecule has 0 saturated heterocycles. The van der Waals surface area contributed by atoms with Crippen LogP contribution in [-0.2, 0) is 0 Å². The van der Waals surface area contributed by atoms with Gasteiger partial charge in [0.25, 0.3) is 0 Å². The van der Waals surface area contributed by atoms with Gasteiger partial charge in [0.15, 0.2) is 5.69 Å². The fraction of sp³-hybridized carbons (Fsp3) is 0.118. The van der Waals surface area contributed by atoms with Gasteiger partial charge in [-0.05, 0) is 24.5 Å². The summed E-state index contributed by atoms with van der Waals surface area (Å²) in [4.78, 5) is 4.39. The Balaban J connectivity index is 1.91. The van der Waals surface area contributed by atoms with Crippen molar-refractivity contribution in [2.45, 2.75) is 11.4 Å². The Morgan fingerprint density at radius 1 is 1.16 bits per heavy atom. The maximum atomic E-state index is 14.4. The van der Waals surface area contributed by atoms with Gasteiger partial charge in [0.05, 0.1) is 10.6 Å². The number of para-hydroxylation sites is 1. The molecule has 0 amide bonds. The van der Waals surface area contributed by atoms with Gasteiger partial charge in [-0.15, -0.1) is 10.2 Å². The number of thioether (sulfide) groups is 1. The molecule has 3 aromatic rings. The van der Waals surface area contributed by atoms with E-state index < -0.39 is 12.0 Å². The van der Waals surface area contributed by atoms with E-state index in [4.69, 9.17) is 16.3 Å². The van der Waals surface area contributed by atoms with Gasteiger partial charge in [-0.3, -0.25) is 0 Å². The lowest BCUT2D eigenvalue weighted by atomic mass is 10.1. The molecular formula is C17H12ClFN4OS. The summed E-state index contributed by atoms with van der Waals surface area (Å²) >= 11 is 7.56. The second-order valence-electron chi connectivity index (χ2n) is 5.28. The number of anilines is 1. The number of halogens is 2. The maximum Gasteiger partial charge on any atom is 0.247 e. The first kappa shape index (κ1) is 16.1. The highest BCUT2D eigenvalue weighted by molar-refractivity contribution is 7.98. The summed E-state index contributed by atoms with van der Waals surface area (Å²) in [7, 11) is 0. The first-order valence-corrected chi connectivity index (χ1v) is 9.03. The number of nitrogens with zero attached hydrogens (tertiary/aromatic N) is 3. The molecule has 0 unspecified atom stereocenters. The van der Waals surface area contributed by atoms with E-state index in [9.17, 15) is 4.39 Å². The standard InChI is InChI=1S/C17H12ClFN4OS/c1-25-17-21-16-14(22-23-17)9-5-2-3-8-12(9)20-15(24-16)13-10(18)6-4-7-11(13)19/h2-8,15,20H,1H3/t15-/m1/s1. The number of aromatic nitrogens is 3. The molecule has 1 aromatic heterocycles. The van der Waals surface area contributed by atoms with Crippen molar-refractivity contribution in [3.8, 4) is 17.1 Å². The van der Waals surface area contributed by atoms with Gasteiger partial charge >= 0.3 is 0 Å². The van der Waals surface area contributed by atoms with Gasteiger partial charge in [0, 0.05) is 11.3 Å². The maximum absolute atomic E-state index is 14.4. The fourth-order valence-electron chi connectivity index (χ4n) is 2.63. The van der Waals surface area contributed by atoms with Gasteiger partial charge in [-0.25, -0.2) is 4.39 Å². The molecule has 1 atom stereocenters. The molecule has 2 heterocycles. The van der Waals surface area contributed by atoms with E-state index in [1.54, 1.807) is 12.1 Å². The van der Waals surface area contributed by atoms with Crippen LogP contribution in [0.2, 0.25) is 5.02 Å². The summed E-state index contributed by atoms with van der Waals surface area (Å²) in [5.41, 5.74) is 2.23. The Labute approximate surface area is 152 Å². The van der Waals surface area contributed by atoms with Crippen molar-refractivity contribution in [2.75, 3.05) is 11.6 Å². The summed E-state index contributed by atoms with van der Waals surface area (Å²) in [6.07, 6.45) is 1.000. The second-order valence-corrected chi connectivity index (χ2v) is 6.46. The first-order valence-electron chi connectivity index (χ1n) is 7.42. The van der Waals surface area contributed by atoms with Crippen LogP contribution in [0, 0.1) is 5.82 Å². The molecule has 0 saturated carbocycles. The van der Waals surface area contributed by atoms with Crippen LogP contribution in [0.15, 0.2) is 47.6 Å².